The van der Waals surface area contributed by atoms with E-state index in [2.05, 4.69) is 42.1 Å². The highest BCUT2D eigenvalue weighted by Crippen LogP contribution is 2.25. The van der Waals surface area contributed by atoms with Crippen molar-refractivity contribution in [1.29, 1.82) is 0 Å². The molecule has 1 aliphatic rings. The van der Waals surface area contributed by atoms with E-state index in [-0.39, 0.29) is 0 Å². The maximum Gasteiger partial charge on any atom is 0.0459 e. The minimum absolute atomic E-state index is 0.641. The van der Waals surface area contributed by atoms with Crippen LogP contribution in [0.5, 0.6) is 0 Å². The van der Waals surface area contributed by atoms with Crippen molar-refractivity contribution < 1.29 is 0 Å². The number of likely N-dealkylation sites (tertiary alicyclic amines) is 1. The second-order valence-corrected chi connectivity index (χ2v) is 5.88. The van der Waals surface area contributed by atoms with Gasteiger partial charge in [-0.1, -0.05) is 17.7 Å². The van der Waals surface area contributed by atoms with Gasteiger partial charge in [0.15, 0.2) is 0 Å². The van der Waals surface area contributed by atoms with E-state index < -0.39 is 0 Å². The second-order valence-electron chi connectivity index (χ2n) is 5.47. The highest BCUT2D eigenvalue weighted by molar-refractivity contribution is 6.31. The molecule has 1 saturated heterocycles. The highest BCUT2D eigenvalue weighted by atomic mass is 35.5. The van der Waals surface area contributed by atoms with Gasteiger partial charge < -0.3 is 15.5 Å². The largest absolute Gasteiger partial charge is 0.373 e. The fourth-order valence-corrected chi connectivity index (χ4v) is 3.03. The van der Waals surface area contributed by atoms with Gasteiger partial charge in [0.25, 0.3) is 0 Å². The van der Waals surface area contributed by atoms with Crippen LogP contribution in [0.4, 0.5) is 5.69 Å². The third-order valence-corrected chi connectivity index (χ3v) is 4.40. The Morgan fingerprint density at radius 3 is 2.84 bits per heavy atom. The average Bonchev–Trinajstić information content (AvgIpc) is 2.78. The Hall–Kier alpha value is -0.770. The molecule has 1 aromatic carbocycles. The smallest absolute Gasteiger partial charge is 0.0459 e. The summed E-state index contributed by atoms with van der Waals surface area (Å²) in [5, 5.41) is 0.828. The van der Waals surface area contributed by atoms with Crippen molar-refractivity contribution >= 4 is 17.3 Å². The number of nitrogens with zero attached hydrogens (tertiary/aromatic N) is 2. The van der Waals surface area contributed by atoms with Gasteiger partial charge in [-0.05, 0) is 57.1 Å². The summed E-state index contributed by atoms with van der Waals surface area (Å²) >= 11 is 6.30. The topological polar surface area (TPSA) is 32.5 Å². The van der Waals surface area contributed by atoms with Gasteiger partial charge in [-0.2, -0.15) is 0 Å². The Morgan fingerprint density at radius 1 is 1.47 bits per heavy atom. The van der Waals surface area contributed by atoms with Crippen LogP contribution in [0, 0.1) is 0 Å². The molecule has 0 aliphatic carbocycles. The molecule has 2 rings (SSSR count). The standard InChI is InChI=1S/C15H24ClN3/c1-18-9-3-4-14(18)11-19(2)13-6-5-12(7-8-17)15(16)10-13/h5-6,10,14H,3-4,7-9,11,17H2,1-2H3. The van der Waals surface area contributed by atoms with Gasteiger partial charge in [-0.15, -0.1) is 0 Å². The molecule has 0 spiro atoms. The molecule has 0 amide bonds. The maximum absolute atomic E-state index is 6.30. The molecule has 1 fully saturated rings. The van der Waals surface area contributed by atoms with Crippen LogP contribution in [0.15, 0.2) is 18.2 Å². The number of likely N-dealkylation sites (N-methyl/N-ethyl adjacent to an activating group) is 2. The third kappa shape index (κ3) is 3.62. The van der Waals surface area contributed by atoms with Crippen molar-refractivity contribution in [2.24, 2.45) is 5.73 Å². The summed E-state index contributed by atoms with van der Waals surface area (Å²) in [7, 11) is 4.35. The fourth-order valence-electron chi connectivity index (χ4n) is 2.76. The molecule has 1 unspecified atom stereocenters. The van der Waals surface area contributed by atoms with E-state index in [0.29, 0.717) is 12.6 Å². The predicted octanol–water partition coefficient (Wildman–Crippen LogP) is 2.37. The molecular weight excluding hydrogens is 258 g/mol. The summed E-state index contributed by atoms with van der Waals surface area (Å²) in [6.07, 6.45) is 3.44. The monoisotopic (exact) mass is 281 g/mol. The van der Waals surface area contributed by atoms with Crippen molar-refractivity contribution in [2.75, 3.05) is 38.6 Å². The Morgan fingerprint density at radius 2 is 2.26 bits per heavy atom. The lowest BCUT2D eigenvalue weighted by molar-refractivity contribution is 0.314. The van der Waals surface area contributed by atoms with E-state index >= 15 is 0 Å². The lowest BCUT2D eigenvalue weighted by Crippen LogP contribution is -2.36. The van der Waals surface area contributed by atoms with Gasteiger partial charge in [0, 0.05) is 30.3 Å². The summed E-state index contributed by atoms with van der Waals surface area (Å²) in [5.74, 6) is 0. The van der Waals surface area contributed by atoms with E-state index in [4.69, 9.17) is 17.3 Å². The number of hydrogen-bond donors (Lipinski definition) is 1. The van der Waals surface area contributed by atoms with Crippen molar-refractivity contribution in [2.45, 2.75) is 25.3 Å². The van der Waals surface area contributed by atoms with Crippen LogP contribution in [0.2, 0.25) is 5.02 Å². The third-order valence-electron chi connectivity index (χ3n) is 4.05. The number of benzene rings is 1. The van der Waals surface area contributed by atoms with Gasteiger partial charge >= 0.3 is 0 Å². The summed E-state index contributed by atoms with van der Waals surface area (Å²) in [5.41, 5.74) is 7.90. The molecule has 0 radical (unpaired) electrons. The maximum atomic E-state index is 6.30. The number of nitrogens with two attached hydrogens (primary N) is 1. The van der Waals surface area contributed by atoms with Gasteiger partial charge in [0.05, 0.1) is 0 Å². The van der Waals surface area contributed by atoms with Crippen LogP contribution in [-0.4, -0.2) is 44.7 Å². The first-order valence-corrected chi connectivity index (χ1v) is 7.39. The molecule has 1 atom stereocenters. The highest BCUT2D eigenvalue weighted by Gasteiger charge is 2.22. The SMILES string of the molecule is CN(CC1CCCN1C)c1ccc(CCN)c(Cl)c1. The molecule has 106 valence electrons. The first-order valence-electron chi connectivity index (χ1n) is 7.01. The van der Waals surface area contributed by atoms with Crippen LogP contribution in [0.25, 0.3) is 0 Å². The number of rotatable bonds is 5. The summed E-state index contributed by atoms with van der Waals surface area (Å²) in [6.45, 7) is 2.92. The summed E-state index contributed by atoms with van der Waals surface area (Å²) in [4.78, 5) is 4.74. The molecule has 19 heavy (non-hydrogen) atoms. The summed E-state index contributed by atoms with van der Waals surface area (Å²) in [6, 6.07) is 6.96. The number of hydrogen-bond acceptors (Lipinski definition) is 3. The lowest BCUT2D eigenvalue weighted by Gasteiger charge is -2.27. The summed E-state index contributed by atoms with van der Waals surface area (Å²) < 4.78 is 0. The Bertz CT molecular complexity index is 422. The first-order chi connectivity index (χ1) is 9.11. The van der Waals surface area contributed by atoms with E-state index in [1.165, 1.54) is 25.1 Å². The zero-order valence-electron chi connectivity index (χ0n) is 11.9. The molecule has 0 bridgehead atoms. The van der Waals surface area contributed by atoms with Crippen LogP contribution in [0.3, 0.4) is 0 Å². The normalized spacial score (nSPS) is 19.9. The molecule has 2 N–H and O–H groups in total. The van der Waals surface area contributed by atoms with Gasteiger partial charge in [0.2, 0.25) is 0 Å². The van der Waals surface area contributed by atoms with Crippen molar-refractivity contribution in [3.8, 4) is 0 Å². The molecule has 1 heterocycles. The molecule has 0 aromatic heterocycles. The lowest BCUT2D eigenvalue weighted by atomic mass is 10.1. The Balaban J connectivity index is 2.02. The van der Waals surface area contributed by atoms with E-state index in [1.807, 2.05) is 0 Å². The Kier molecular flexibility index (Phi) is 5.08. The van der Waals surface area contributed by atoms with Crippen molar-refractivity contribution in [1.82, 2.24) is 4.90 Å². The minimum atomic E-state index is 0.641. The fraction of sp³-hybridized carbons (Fsp3) is 0.600. The second kappa shape index (κ2) is 6.60. The molecular formula is C15H24ClN3. The molecule has 4 heteroatoms. The van der Waals surface area contributed by atoms with Gasteiger partial charge in [-0.3, -0.25) is 0 Å². The molecule has 1 aliphatic heterocycles. The van der Waals surface area contributed by atoms with Crippen LogP contribution >= 0.6 is 11.6 Å². The number of halogens is 1. The van der Waals surface area contributed by atoms with Gasteiger partial charge in [-0.25, -0.2) is 0 Å². The van der Waals surface area contributed by atoms with Crippen molar-refractivity contribution in [3.05, 3.63) is 28.8 Å². The van der Waals surface area contributed by atoms with Crippen LogP contribution in [0.1, 0.15) is 18.4 Å². The van der Waals surface area contributed by atoms with E-state index in [1.54, 1.807) is 0 Å². The zero-order valence-corrected chi connectivity index (χ0v) is 12.7. The number of anilines is 1. The van der Waals surface area contributed by atoms with Crippen LogP contribution < -0.4 is 10.6 Å². The van der Waals surface area contributed by atoms with E-state index in [0.717, 1.165) is 23.6 Å². The minimum Gasteiger partial charge on any atom is -0.373 e. The zero-order chi connectivity index (χ0) is 13.8. The molecule has 3 nitrogen and oxygen atoms in total. The van der Waals surface area contributed by atoms with Crippen LogP contribution in [-0.2, 0) is 6.42 Å². The first kappa shape index (κ1) is 14.6. The molecule has 0 saturated carbocycles. The van der Waals surface area contributed by atoms with E-state index in [9.17, 15) is 0 Å². The van der Waals surface area contributed by atoms with Gasteiger partial charge in [0.1, 0.15) is 0 Å². The predicted molar refractivity (Wildman–Crippen MR) is 83.1 cm³/mol. The quantitative estimate of drug-likeness (QED) is 0.899. The Labute approximate surface area is 121 Å². The average molecular weight is 282 g/mol. The molecule has 1 aromatic rings. The van der Waals surface area contributed by atoms with Crippen molar-refractivity contribution in [3.63, 3.8) is 0 Å².